The summed E-state index contributed by atoms with van der Waals surface area (Å²) >= 11 is 0.701. The van der Waals surface area contributed by atoms with Crippen LogP contribution in [0.3, 0.4) is 0 Å². The van der Waals surface area contributed by atoms with E-state index in [0.29, 0.717) is 16.9 Å². The number of carboxylic acid groups (broad SMARTS) is 1. The highest BCUT2D eigenvalue weighted by Gasteiger charge is 2.27. The van der Waals surface area contributed by atoms with Crippen LogP contribution in [-0.2, 0) is 14.8 Å². The van der Waals surface area contributed by atoms with Crippen LogP contribution in [0.25, 0.3) is 0 Å². The first-order chi connectivity index (χ1) is 9.20. The van der Waals surface area contributed by atoms with Gasteiger partial charge in [0, 0.05) is 20.7 Å². The van der Waals surface area contributed by atoms with Gasteiger partial charge in [-0.15, -0.1) is 11.3 Å². The lowest BCUT2D eigenvalue weighted by molar-refractivity contribution is 0.0554. The molecule has 7 nitrogen and oxygen atoms in total. The van der Waals surface area contributed by atoms with Gasteiger partial charge in [0.2, 0.25) is 0 Å². The summed E-state index contributed by atoms with van der Waals surface area (Å²) in [6.45, 7) is 1.43. The number of thiophene rings is 1. The summed E-state index contributed by atoms with van der Waals surface area (Å²) < 4.78 is 30.2. The Bertz CT molecular complexity index is 580. The third-order valence-corrected chi connectivity index (χ3v) is 6.08. The number of aromatic carboxylic acids is 1. The van der Waals surface area contributed by atoms with Gasteiger partial charge in [0.15, 0.2) is 0 Å². The molecule has 1 aromatic rings. The smallest absolute Gasteiger partial charge is 0.346 e. The van der Waals surface area contributed by atoms with E-state index in [1.54, 1.807) is 6.92 Å². The number of hydrogen-bond acceptors (Lipinski definition) is 6. The largest absolute Gasteiger partial charge is 0.477 e. The number of rotatable bonds is 7. The molecule has 1 atom stereocenters. The predicted octanol–water partition coefficient (Wildman–Crippen LogP) is 0.383. The molecule has 0 radical (unpaired) electrons. The van der Waals surface area contributed by atoms with Crippen molar-refractivity contribution in [3.05, 3.63) is 16.5 Å². The Morgan fingerprint density at radius 3 is 2.60 bits per heavy atom. The standard InChI is InChI=1S/C11H17NO6S2/c1-7-4-9(19-10(7)11(14)15)20(16,17)12(2)5-8(13)6-18-3/h4,8,13H,5-6H2,1-3H3,(H,14,15). The second kappa shape index (κ2) is 6.64. The average molecular weight is 323 g/mol. The van der Waals surface area contributed by atoms with Crippen molar-refractivity contribution in [1.82, 2.24) is 4.31 Å². The maximum Gasteiger partial charge on any atom is 0.346 e. The first-order valence-electron chi connectivity index (χ1n) is 5.67. The minimum atomic E-state index is -3.81. The number of carboxylic acids is 1. The molecule has 1 rings (SSSR count). The van der Waals surface area contributed by atoms with Gasteiger partial charge in [-0.1, -0.05) is 0 Å². The molecule has 0 aliphatic carbocycles. The molecule has 1 heterocycles. The van der Waals surface area contributed by atoms with Gasteiger partial charge in [-0.3, -0.25) is 0 Å². The molecule has 20 heavy (non-hydrogen) atoms. The molecule has 0 amide bonds. The first-order valence-corrected chi connectivity index (χ1v) is 7.92. The average Bonchev–Trinajstić information content (AvgIpc) is 2.72. The Morgan fingerprint density at radius 1 is 1.55 bits per heavy atom. The van der Waals surface area contributed by atoms with Gasteiger partial charge in [-0.25, -0.2) is 13.2 Å². The molecule has 0 spiro atoms. The summed E-state index contributed by atoms with van der Waals surface area (Å²) in [5.74, 6) is -1.16. The zero-order chi connectivity index (χ0) is 15.5. The number of likely N-dealkylation sites (N-methyl/N-ethyl adjacent to an activating group) is 1. The molecule has 0 aliphatic rings. The van der Waals surface area contributed by atoms with Crippen LogP contribution in [0.15, 0.2) is 10.3 Å². The number of ether oxygens (including phenoxy) is 1. The molecule has 1 aromatic heterocycles. The van der Waals surface area contributed by atoms with E-state index in [1.165, 1.54) is 20.2 Å². The number of methoxy groups -OCH3 is 1. The predicted molar refractivity (Wildman–Crippen MR) is 73.7 cm³/mol. The Hall–Kier alpha value is -1.00. The molecule has 2 N–H and O–H groups in total. The second-order valence-corrected chi connectivity index (χ2v) is 7.60. The van der Waals surface area contributed by atoms with Crippen LogP contribution in [0.4, 0.5) is 0 Å². The SMILES string of the molecule is COCC(O)CN(C)S(=O)(=O)c1cc(C)c(C(=O)O)s1. The molecular formula is C11H17NO6S2. The fourth-order valence-electron chi connectivity index (χ4n) is 1.59. The Kier molecular flexibility index (Phi) is 5.66. The minimum absolute atomic E-state index is 0.00517. The van der Waals surface area contributed by atoms with Crippen LogP contribution < -0.4 is 0 Å². The van der Waals surface area contributed by atoms with Crippen molar-refractivity contribution in [2.75, 3.05) is 27.3 Å². The second-order valence-electron chi connectivity index (χ2n) is 4.28. The van der Waals surface area contributed by atoms with Crippen LogP contribution in [0.1, 0.15) is 15.2 Å². The third-order valence-electron chi connectivity index (χ3n) is 2.58. The maximum atomic E-state index is 12.3. The molecular weight excluding hydrogens is 306 g/mol. The maximum absolute atomic E-state index is 12.3. The van der Waals surface area contributed by atoms with Gasteiger partial charge in [0.25, 0.3) is 10.0 Å². The van der Waals surface area contributed by atoms with E-state index in [-0.39, 0.29) is 22.2 Å². The summed E-state index contributed by atoms with van der Waals surface area (Å²) in [5, 5.41) is 18.5. The summed E-state index contributed by atoms with van der Waals surface area (Å²) in [5.41, 5.74) is 0.395. The summed E-state index contributed by atoms with van der Waals surface area (Å²) in [4.78, 5) is 10.9. The normalized spacial score (nSPS) is 13.7. The summed E-state index contributed by atoms with van der Waals surface area (Å²) in [6.07, 6.45) is -0.945. The monoisotopic (exact) mass is 323 g/mol. The molecule has 1 unspecified atom stereocenters. The number of hydrogen-bond donors (Lipinski definition) is 2. The van der Waals surface area contributed by atoms with Crippen molar-refractivity contribution in [2.24, 2.45) is 0 Å². The van der Waals surface area contributed by atoms with Crippen LogP contribution in [-0.4, -0.2) is 62.3 Å². The molecule has 0 saturated heterocycles. The Balaban J connectivity index is 2.98. The number of aryl methyl sites for hydroxylation is 1. The third kappa shape index (κ3) is 3.76. The van der Waals surface area contributed by atoms with Crippen molar-refractivity contribution < 1.29 is 28.2 Å². The van der Waals surface area contributed by atoms with Gasteiger partial charge in [0.1, 0.15) is 9.09 Å². The van der Waals surface area contributed by atoms with E-state index in [0.717, 1.165) is 4.31 Å². The molecule has 0 aliphatic heterocycles. The number of sulfonamides is 1. The molecule has 0 saturated carbocycles. The number of nitrogens with zero attached hydrogens (tertiary/aromatic N) is 1. The van der Waals surface area contributed by atoms with Gasteiger partial charge < -0.3 is 14.9 Å². The fraction of sp³-hybridized carbons (Fsp3) is 0.545. The van der Waals surface area contributed by atoms with Crippen LogP contribution in [0.2, 0.25) is 0 Å². The van der Waals surface area contributed by atoms with Crippen molar-refractivity contribution in [3.63, 3.8) is 0 Å². The number of aliphatic hydroxyl groups is 1. The van der Waals surface area contributed by atoms with E-state index in [9.17, 15) is 18.3 Å². The molecule has 9 heteroatoms. The Labute approximate surface area is 121 Å². The van der Waals surface area contributed by atoms with Gasteiger partial charge in [0.05, 0.1) is 12.7 Å². The lowest BCUT2D eigenvalue weighted by Crippen LogP contribution is -2.35. The zero-order valence-electron chi connectivity index (χ0n) is 11.4. The highest BCUT2D eigenvalue weighted by atomic mass is 32.2. The molecule has 0 fully saturated rings. The minimum Gasteiger partial charge on any atom is -0.477 e. The van der Waals surface area contributed by atoms with E-state index in [4.69, 9.17) is 9.84 Å². The van der Waals surface area contributed by atoms with Gasteiger partial charge >= 0.3 is 5.97 Å². The fourth-order valence-corrected chi connectivity index (χ4v) is 4.38. The van der Waals surface area contributed by atoms with E-state index in [2.05, 4.69) is 0 Å². The molecule has 0 aromatic carbocycles. The van der Waals surface area contributed by atoms with Crippen molar-refractivity contribution >= 4 is 27.3 Å². The van der Waals surface area contributed by atoms with Gasteiger partial charge in [-0.2, -0.15) is 4.31 Å². The van der Waals surface area contributed by atoms with Gasteiger partial charge in [-0.05, 0) is 18.6 Å². The molecule has 0 bridgehead atoms. The van der Waals surface area contributed by atoms with E-state index < -0.39 is 22.1 Å². The summed E-state index contributed by atoms with van der Waals surface area (Å²) in [7, 11) is -1.09. The van der Waals surface area contributed by atoms with Crippen molar-refractivity contribution in [2.45, 2.75) is 17.2 Å². The van der Waals surface area contributed by atoms with E-state index >= 15 is 0 Å². The van der Waals surface area contributed by atoms with E-state index in [1.807, 2.05) is 0 Å². The van der Waals surface area contributed by atoms with Crippen molar-refractivity contribution in [3.8, 4) is 0 Å². The zero-order valence-corrected chi connectivity index (χ0v) is 13.0. The van der Waals surface area contributed by atoms with Crippen LogP contribution >= 0.6 is 11.3 Å². The number of aliphatic hydroxyl groups excluding tert-OH is 1. The molecule has 114 valence electrons. The van der Waals surface area contributed by atoms with Crippen molar-refractivity contribution in [1.29, 1.82) is 0 Å². The lowest BCUT2D eigenvalue weighted by Gasteiger charge is -2.19. The summed E-state index contributed by atoms with van der Waals surface area (Å²) in [6, 6.07) is 1.32. The van der Waals surface area contributed by atoms with Crippen LogP contribution in [0.5, 0.6) is 0 Å². The highest BCUT2D eigenvalue weighted by Crippen LogP contribution is 2.28. The quantitative estimate of drug-likeness (QED) is 0.752. The van der Waals surface area contributed by atoms with Crippen LogP contribution in [0, 0.1) is 6.92 Å². The Morgan fingerprint density at radius 2 is 2.15 bits per heavy atom. The topological polar surface area (TPSA) is 104 Å². The highest BCUT2D eigenvalue weighted by molar-refractivity contribution is 7.91. The lowest BCUT2D eigenvalue weighted by atomic mass is 10.3. The number of carbonyl (C=O) groups is 1. The first kappa shape index (κ1) is 17.1.